The average molecular weight is 273 g/mol. The van der Waals surface area contributed by atoms with Crippen LogP contribution < -0.4 is 10.5 Å². The summed E-state index contributed by atoms with van der Waals surface area (Å²) < 4.78 is 6.96. The maximum atomic E-state index is 6.23. The molecule has 0 saturated carbocycles. The Labute approximate surface area is 120 Å². The van der Waals surface area contributed by atoms with Crippen LogP contribution in [0.2, 0.25) is 0 Å². The summed E-state index contributed by atoms with van der Waals surface area (Å²) in [7, 11) is 3.55. The summed E-state index contributed by atoms with van der Waals surface area (Å²) in [6, 6.07) is 7.96. The van der Waals surface area contributed by atoms with Crippen LogP contribution in [0.1, 0.15) is 32.9 Å². The average Bonchev–Trinajstić information content (AvgIpc) is 2.76. The van der Waals surface area contributed by atoms with Gasteiger partial charge in [0.2, 0.25) is 0 Å². The summed E-state index contributed by atoms with van der Waals surface area (Å²) >= 11 is 0. The van der Waals surface area contributed by atoms with Crippen molar-refractivity contribution in [3.63, 3.8) is 0 Å². The maximum Gasteiger partial charge on any atom is 0.129 e. The van der Waals surface area contributed by atoms with E-state index in [0.717, 1.165) is 29.0 Å². The van der Waals surface area contributed by atoms with Crippen LogP contribution in [0.3, 0.4) is 0 Å². The lowest BCUT2D eigenvalue weighted by Gasteiger charge is -2.22. The predicted molar refractivity (Wildman–Crippen MR) is 82.9 cm³/mol. The molecule has 2 aromatic rings. The normalized spacial score (nSPS) is 11.7. The van der Waals surface area contributed by atoms with Crippen LogP contribution >= 0.6 is 0 Å². The molecule has 0 aliphatic carbocycles. The van der Waals surface area contributed by atoms with E-state index in [2.05, 4.69) is 25.9 Å². The highest BCUT2D eigenvalue weighted by Crippen LogP contribution is 2.38. The monoisotopic (exact) mass is 273 g/mol. The third-order valence-corrected chi connectivity index (χ3v) is 4.00. The second-order valence-corrected chi connectivity index (χ2v) is 5.70. The van der Waals surface area contributed by atoms with E-state index in [-0.39, 0.29) is 5.41 Å². The zero-order chi connectivity index (χ0) is 14.9. The molecule has 108 valence electrons. The molecule has 0 atom stereocenters. The number of nitrogens with two attached hydrogens (primary N) is 1. The van der Waals surface area contributed by atoms with Crippen molar-refractivity contribution in [2.75, 3.05) is 12.8 Å². The highest BCUT2D eigenvalue weighted by molar-refractivity contribution is 5.78. The van der Waals surface area contributed by atoms with Crippen molar-refractivity contribution in [3.8, 4) is 16.9 Å². The van der Waals surface area contributed by atoms with Gasteiger partial charge in [-0.15, -0.1) is 0 Å². The van der Waals surface area contributed by atoms with E-state index >= 15 is 0 Å². The molecule has 1 aromatic carbocycles. The Balaban J connectivity index is 2.60. The lowest BCUT2D eigenvalue weighted by atomic mass is 9.83. The van der Waals surface area contributed by atoms with Gasteiger partial charge in [-0.25, -0.2) is 0 Å². The quantitative estimate of drug-likeness (QED) is 0.929. The second-order valence-electron chi connectivity index (χ2n) is 5.70. The lowest BCUT2D eigenvalue weighted by Crippen LogP contribution is -2.17. The molecule has 0 saturated heterocycles. The van der Waals surface area contributed by atoms with E-state index in [1.807, 2.05) is 31.3 Å². The molecule has 0 spiro atoms. The first kappa shape index (κ1) is 14.4. The van der Waals surface area contributed by atoms with Gasteiger partial charge in [-0.1, -0.05) is 32.9 Å². The molecule has 4 heteroatoms. The molecule has 0 radical (unpaired) electrons. The molecular weight excluding hydrogens is 250 g/mol. The van der Waals surface area contributed by atoms with Gasteiger partial charge in [0.15, 0.2) is 0 Å². The van der Waals surface area contributed by atoms with Gasteiger partial charge in [0.25, 0.3) is 0 Å². The third kappa shape index (κ3) is 2.38. The molecule has 0 aliphatic rings. The number of nitrogens with zero attached hydrogens (tertiary/aromatic N) is 2. The Morgan fingerprint density at radius 2 is 1.85 bits per heavy atom. The van der Waals surface area contributed by atoms with Crippen LogP contribution in [-0.2, 0) is 12.5 Å². The van der Waals surface area contributed by atoms with Gasteiger partial charge >= 0.3 is 0 Å². The number of aryl methyl sites for hydroxylation is 1. The van der Waals surface area contributed by atoms with Crippen LogP contribution in [-0.4, -0.2) is 16.9 Å². The van der Waals surface area contributed by atoms with Crippen LogP contribution in [0.15, 0.2) is 24.3 Å². The van der Waals surface area contributed by atoms with E-state index in [1.165, 1.54) is 0 Å². The smallest absolute Gasteiger partial charge is 0.129 e. The molecule has 1 aromatic heterocycles. The molecule has 0 aliphatic heterocycles. The standard InChI is InChI=1S/C16H23N3O/c1-6-16(2,3)14-13(15(17)19(4)18-14)11-7-9-12(20-5)10-8-11/h7-10H,6,17H2,1-5H3. The maximum absolute atomic E-state index is 6.23. The highest BCUT2D eigenvalue weighted by atomic mass is 16.5. The molecule has 4 nitrogen and oxygen atoms in total. The number of benzene rings is 1. The summed E-state index contributed by atoms with van der Waals surface area (Å²) in [6.07, 6.45) is 1.01. The molecular formula is C16H23N3O. The highest BCUT2D eigenvalue weighted by Gasteiger charge is 2.28. The molecule has 0 bridgehead atoms. The molecule has 0 unspecified atom stereocenters. The predicted octanol–water partition coefficient (Wildman–Crippen LogP) is 3.37. The zero-order valence-electron chi connectivity index (χ0n) is 12.9. The van der Waals surface area contributed by atoms with Crippen molar-refractivity contribution in [3.05, 3.63) is 30.0 Å². The van der Waals surface area contributed by atoms with E-state index < -0.39 is 0 Å². The summed E-state index contributed by atoms with van der Waals surface area (Å²) in [5, 5.41) is 4.63. The van der Waals surface area contributed by atoms with E-state index in [4.69, 9.17) is 10.5 Å². The fourth-order valence-corrected chi connectivity index (χ4v) is 2.22. The minimum Gasteiger partial charge on any atom is -0.497 e. The van der Waals surface area contributed by atoms with E-state index in [1.54, 1.807) is 11.8 Å². The van der Waals surface area contributed by atoms with Crippen LogP contribution in [0, 0.1) is 0 Å². The topological polar surface area (TPSA) is 53.1 Å². The van der Waals surface area contributed by atoms with E-state index in [0.29, 0.717) is 5.82 Å². The molecule has 2 N–H and O–H groups in total. The number of anilines is 1. The van der Waals surface area contributed by atoms with Gasteiger partial charge in [-0.05, 0) is 24.1 Å². The summed E-state index contributed by atoms with van der Waals surface area (Å²) in [5.74, 6) is 1.54. The molecule has 1 heterocycles. The van der Waals surface area contributed by atoms with E-state index in [9.17, 15) is 0 Å². The molecule has 0 amide bonds. The SMILES string of the molecule is CCC(C)(C)c1nn(C)c(N)c1-c1ccc(OC)cc1. The first-order valence-corrected chi connectivity index (χ1v) is 6.88. The van der Waals surface area contributed by atoms with Crippen molar-refractivity contribution < 1.29 is 4.74 Å². The minimum absolute atomic E-state index is 0.00928. The van der Waals surface area contributed by atoms with Crippen LogP contribution in [0.4, 0.5) is 5.82 Å². The number of nitrogen functional groups attached to an aromatic ring is 1. The summed E-state index contributed by atoms with van der Waals surface area (Å²) in [4.78, 5) is 0. The summed E-state index contributed by atoms with van der Waals surface area (Å²) in [6.45, 7) is 6.56. The number of ether oxygens (including phenoxy) is 1. The van der Waals surface area contributed by atoms with Crippen molar-refractivity contribution >= 4 is 5.82 Å². The molecule has 0 fully saturated rings. The largest absolute Gasteiger partial charge is 0.497 e. The number of hydrogen-bond acceptors (Lipinski definition) is 3. The lowest BCUT2D eigenvalue weighted by molar-refractivity contribution is 0.415. The Kier molecular flexibility index (Phi) is 3.75. The minimum atomic E-state index is -0.00928. The Morgan fingerprint density at radius 3 is 2.35 bits per heavy atom. The van der Waals surface area contributed by atoms with Crippen molar-refractivity contribution in [1.82, 2.24) is 9.78 Å². The van der Waals surface area contributed by atoms with Gasteiger partial charge in [-0.2, -0.15) is 5.10 Å². The van der Waals surface area contributed by atoms with Gasteiger partial charge in [0.05, 0.1) is 12.8 Å². The third-order valence-electron chi connectivity index (χ3n) is 4.00. The van der Waals surface area contributed by atoms with Crippen molar-refractivity contribution in [2.45, 2.75) is 32.6 Å². The first-order chi connectivity index (χ1) is 9.40. The van der Waals surface area contributed by atoms with Gasteiger partial charge < -0.3 is 10.5 Å². The van der Waals surface area contributed by atoms with Gasteiger partial charge in [0, 0.05) is 18.0 Å². The molecule has 20 heavy (non-hydrogen) atoms. The Morgan fingerprint density at radius 1 is 1.25 bits per heavy atom. The van der Waals surface area contributed by atoms with Crippen molar-refractivity contribution in [2.24, 2.45) is 7.05 Å². The Bertz CT molecular complexity index is 597. The zero-order valence-corrected chi connectivity index (χ0v) is 12.9. The Hall–Kier alpha value is -1.97. The number of hydrogen-bond donors (Lipinski definition) is 1. The first-order valence-electron chi connectivity index (χ1n) is 6.88. The molecule has 2 rings (SSSR count). The van der Waals surface area contributed by atoms with Crippen LogP contribution in [0.25, 0.3) is 11.1 Å². The van der Waals surface area contributed by atoms with Gasteiger partial charge in [0.1, 0.15) is 11.6 Å². The van der Waals surface area contributed by atoms with Gasteiger partial charge in [-0.3, -0.25) is 4.68 Å². The second kappa shape index (κ2) is 5.19. The number of rotatable bonds is 4. The van der Waals surface area contributed by atoms with Crippen molar-refractivity contribution in [1.29, 1.82) is 0 Å². The number of aromatic nitrogens is 2. The fourth-order valence-electron chi connectivity index (χ4n) is 2.22. The fraction of sp³-hybridized carbons (Fsp3) is 0.438. The van der Waals surface area contributed by atoms with Crippen LogP contribution in [0.5, 0.6) is 5.75 Å². The number of methoxy groups -OCH3 is 1. The summed E-state index contributed by atoms with van der Waals surface area (Å²) in [5.41, 5.74) is 9.37.